The van der Waals surface area contributed by atoms with Crippen LogP contribution in [0.5, 0.6) is 0 Å². The van der Waals surface area contributed by atoms with Crippen molar-refractivity contribution < 1.29 is 13.2 Å². The van der Waals surface area contributed by atoms with Gasteiger partial charge in [-0.25, -0.2) is 0 Å². The third-order valence-corrected chi connectivity index (χ3v) is 2.71. The highest BCUT2D eigenvalue weighted by Crippen LogP contribution is 2.30. The monoisotopic (exact) mass is 269 g/mol. The third-order valence-electron chi connectivity index (χ3n) is 2.71. The second kappa shape index (κ2) is 4.36. The summed E-state index contributed by atoms with van der Waals surface area (Å²) in [6, 6.07) is 7.17. The molecule has 102 valence electrons. The van der Waals surface area contributed by atoms with E-state index < -0.39 is 11.9 Å². The van der Waals surface area contributed by atoms with Gasteiger partial charge < -0.3 is 0 Å². The minimum Gasteiger partial charge on any atom is -0.164 e. The number of para-hydroxylation sites is 1. The van der Waals surface area contributed by atoms with Crippen LogP contribution in [0.25, 0.3) is 5.69 Å². The van der Waals surface area contributed by atoms with Crippen LogP contribution in [0.4, 0.5) is 13.2 Å². The summed E-state index contributed by atoms with van der Waals surface area (Å²) in [5.74, 6) is 0. The summed E-state index contributed by atoms with van der Waals surface area (Å²) in [7, 11) is 0. The van der Waals surface area contributed by atoms with Crippen LogP contribution in [0.2, 0.25) is 0 Å². The second-order valence-corrected chi connectivity index (χ2v) is 5.28. The van der Waals surface area contributed by atoms with Gasteiger partial charge in [0.2, 0.25) is 0 Å². The van der Waals surface area contributed by atoms with E-state index in [2.05, 4.69) is 10.2 Å². The van der Waals surface area contributed by atoms with Gasteiger partial charge in [0.25, 0.3) is 0 Å². The first-order valence-electron chi connectivity index (χ1n) is 5.79. The van der Waals surface area contributed by atoms with Crippen LogP contribution >= 0.6 is 0 Å². The zero-order valence-electron chi connectivity index (χ0n) is 10.9. The minimum absolute atomic E-state index is 0.206. The summed E-state index contributed by atoms with van der Waals surface area (Å²) < 4.78 is 37.6. The molecule has 2 aromatic rings. The third kappa shape index (κ3) is 2.77. The molecule has 0 N–H and O–H groups in total. The van der Waals surface area contributed by atoms with Crippen LogP contribution in [0, 0.1) is 0 Å². The zero-order valence-corrected chi connectivity index (χ0v) is 10.9. The van der Waals surface area contributed by atoms with Crippen LogP contribution in [0.1, 0.15) is 32.0 Å². The average Bonchev–Trinajstić information content (AvgIpc) is 2.76. The molecule has 0 bridgehead atoms. The first kappa shape index (κ1) is 13.6. The van der Waals surface area contributed by atoms with Gasteiger partial charge in [-0.3, -0.25) is 0 Å². The van der Waals surface area contributed by atoms with Crippen molar-refractivity contribution in [2.45, 2.75) is 32.4 Å². The fourth-order valence-corrected chi connectivity index (χ4v) is 1.79. The Morgan fingerprint density at radius 1 is 1.05 bits per heavy atom. The number of hydrogen-bond donors (Lipinski definition) is 0. The van der Waals surface area contributed by atoms with Crippen molar-refractivity contribution in [1.29, 1.82) is 0 Å². The molecule has 1 heterocycles. The van der Waals surface area contributed by atoms with Gasteiger partial charge in [0.05, 0.1) is 11.9 Å². The summed E-state index contributed by atoms with van der Waals surface area (Å²) in [5.41, 5.74) is 0.254. The Bertz CT molecular complexity index is 579. The Balaban J connectivity index is 2.52. The number of halogens is 3. The lowest BCUT2D eigenvalue weighted by atomic mass is 9.86. The second-order valence-electron chi connectivity index (χ2n) is 5.28. The molecule has 1 aromatic carbocycles. The minimum atomic E-state index is -4.48. The van der Waals surface area contributed by atoms with Gasteiger partial charge in [-0.2, -0.15) is 23.1 Å². The van der Waals surface area contributed by atoms with Gasteiger partial charge in [-0.05, 0) is 17.0 Å². The number of aromatic nitrogens is 3. The van der Waals surface area contributed by atoms with Gasteiger partial charge in [-0.15, -0.1) is 5.10 Å². The Labute approximate surface area is 109 Å². The molecule has 1 aromatic heterocycles. The van der Waals surface area contributed by atoms with Gasteiger partial charge in [0.15, 0.2) is 5.69 Å². The largest absolute Gasteiger partial charge is 0.436 e. The van der Waals surface area contributed by atoms with Gasteiger partial charge >= 0.3 is 6.18 Å². The summed E-state index contributed by atoms with van der Waals surface area (Å²) in [6.07, 6.45) is -3.74. The normalized spacial score (nSPS) is 12.7. The van der Waals surface area contributed by atoms with Crippen molar-refractivity contribution in [2.24, 2.45) is 0 Å². The van der Waals surface area contributed by atoms with Crippen LogP contribution in [0.3, 0.4) is 0 Å². The maximum absolute atomic E-state index is 12.5. The molecule has 2 rings (SSSR count). The highest BCUT2D eigenvalue weighted by molar-refractivity contribution is 5.43. The Hall–Kier alpha value is -1.85. The van der Waals surface area contributed by atoms with Crippen LogP contribution in [0.15, 0.2) is 30.5 Å². The van der Waals surface area contributed by atoms with E-state index in [4.69, 9.17) is 0 Å². The zero-order chi connectivity index (χ0) is 14.3. The molecule has 0 spiro atoms. The van der Waals surface area contributed by atoms with E-state index in [1.54, 1.807) is 12.1 Å². The molecule has 0 aliphatic carbocycles. The van der Waals surface area contributed by atoms with Crippen molar-refractivity contribution in [3.8, 4) is 5.69 Å². The maximum atomic E-state index is 12.5. The molecule has 0 radical (unpaired) electrons. The Kier molecular flexibility index (Phi) is 3.12. The standard InChI is InChI=1S/C13H14F3N3/c1-12(2,3)9-6-4-5-7-10(9)19-17-8-11(18-19)13(14,15)16/h4-8H,1-3H3. The summed E-state index contributed by atoms with van der Waals surface area (Å²) in [4.78, 5) is 1.03. The predicted octanol–water partition coefficient (Wildman–Crippen LogP) is 3.58. The van der Waals surface area contributed by atoms with Crippen LogP contribution < -0.4 is 0 Å². The maximum Gasteiger partial charge on any atom is 0.436 e. The average molecular weight is 269 g/mol. The van der Waals surface area contributed by atoms with E-state index in [1.165, 1.54) is 0 Å². The number of benzene rings is 1. The van der Waals surface area contributed by atoms with E-state index in [0.29, 0.717) is 5.69 Å². The summed E-state index contributed by atoms with van der Waals surface area (Å²) in [6.45, 7) is 5.96. The first-order chi connectivity index (χ1) is 8.69. The molecular weight excluding hydrogens is 255 g/mol. The Morgan fingerprint density at radius 3 is 2.21 bits per heavy atom. The molecule has 0 saturated heterocycles. The lowest BCUT2D eigenvalue weighted by molar-refractivity contribution is -0.141. The molecule has 19 heavy (non-hydrogen) atoms. The predicted molar refractivity (Wildman–Crippen MR) is 65.1 cm³/mol. The van der Waals surface area contributed by atoms with E-state index in [-0.39, 0.29) is 5.41 Å². The molecular formula is C13H14F3N3. The summed E-state index contributed by atoms with van der Waals surface area (Å²) in [5, 5.41) is 7.22. The molecule has 0 atom stereocenters. The van der Waals surface area contributed by atoms with E-state index in [1.807, 2.05) is 32.9 Å². The highest BCUT2D eigenvalue weighted by atomic mass is 19.4. The lowest BCUT2D eigenvalue weighted by Crippen LogP contribution is -2.16. The molecule has 0 saturated carbocycles. The molecule has 3 nitrogen and oxygen atoms in total. The van der Waals surface area contributed by atoms with Gasteiger partial charge in [0.1, 0.15) is 0 Å². The van der Waals surface area contributed by atoms with Crippen molar-refractivity contribution in [2.75, 3.05) is 0 Å². The molecule has 0 unspecified atom stereocenters. The highest BCUT2D eigenvalue weighted by Gasteiger charge is 2.34. The SMILES string of the molecule is CC(C)(C)c1ccccc1-n1ncc(C(F)(F)F)n1. The molecule has 0 fully saturated rings. The quantitative estimate of drug-likeness (QED) is 0.792. The van der Waals surface area contributed by atoms with Crippen LogP contribution in [-0.2, 0) is 11.6 Å². The number of nitrogens with zero attached hydrogens (tertiary/aromatic N) is 3. The number of hydrogen-bond acceptors (Lipinski definition) is 2. The van der Waals surface area contributed by atoms with Crippen LogP contribution in [-0.4, -0.2) is 15.0 Å². The van der Waals surface area contributed by atoms with E-state index in [9.17, 15) is 13.2 Å². The number of rotatable bonds is 1. The molecule has 0 amide bonds. The number of alkyl halides is 3. The molecule has 6 heteroatoms. The molecule has 0 aliphatic rings. The van der Waals surface area contributed by atoms with Crippen molar-refractivity contribution in [3.05, 3.63) is 41.7 Å². The van der Waals surface area contributed by atoms with Crippen molar-refractivity contribution >= 4 is 0 Å². The van der Waals surface area contributed by atoms with Gasteiger partial charge in [-0.1, -0.05) is 39.0 Å². The van der Waals surface area contributed by atoms with Crippen molar-refractivity contribution in [3.63, 3.8) is 0 Å². The van der Waals surface area contributed by atoms with E-state index >= 15 is 0 Å². The van der Waals surface area contributed by atoms with Gasteiger partial charge in [0, 0.05) is 0 Å². The molecule has 0 aliphatic heterocycles. The Morgan fingerprint density at radius 2 is 1.68 bits per heavy atom. The smallest absolute Gasteiger partial charge is 0.164 e. The topological polar surface area (TPSA) is 30.7 Å². The first-order valence-corrected chi connectivity index (χ1v) is 5.79. The fraction of sp³-hybridized carbons (Fsp3) is 0.385. The lowest BCUT2D eigenvalue weighted by Gasteiger charge is -2.21. The summed E-state index contributed by atoms with van der Waals surface area (Å²) >= 11 is 0. The fourth-order valence-electron chi connectivity index (χ4n) is 1.79. The van der Waals surface area contributed by atoms with Crippen molar-refractivity contribution in [1.82, 2.24) is 15.0 Å². The van der Waals surface area contributed by atoms with E-state index in [0.717, 1.165) is 16.6 Å².